The van der Waals surface area contributed by atoms with Crippen LogP contribution in [0.15, 0.2) is 59.9 Å². The standard InChI is InChI=1S/C22H16N6O5.C2H6/c1-33-21(29)22(12-6-8-13(9-7-12)28(31)32)15-10-23-20-19(15)18(17(11-24-30)26-27-20)14-4-2-3-5-16(14)25-22;1-2/h2-10,25H,11H2,1H3,(H,23,27);1-2H3. The molecule has 0 saturated heterocycles. The maximum Gasteiger partial charge on any atom is 0.341 e. The lowest BCUT2D eigenvalue weighted by Gasteiger charge is -2.32. The molecule has 4 aromatic rings. The van der Waals surface area contributed by atoms with E-state index < -0.39 is 16.4 Å². The van der Waals surface area contributed by atoms with Gasteiger partial charge in [-0.2, -0.15) is 10.0 Å². The van der Waals surface area contributed by atoms with Gasteiger partial charge in [0.15, 0.2) is 11.2 Å². The fourth-order valence-electron chi connectivity index (χ4n) is 4.38. The number of non-ortho nitro benzene ring substituents is 1. The molecule has 1 atom stereocenters. The number of benzene rings is 2. The third-order valence-electron chi connectivity index (χ3n) is 5.81. The zero-order valence-electron chi connectivity index (χ0n) is 19.2. The highest BCUT2D eigenvalue weighted by molar-refractivity contribution is 6.07. The van der Waals surface area contributed by atoms with E-state index in [1.165, 1.54) is 31.4 Å². The molecule has 0 saturated carbocycles. The van der Waals surface area contributed by atoms with Gasteiger partial charge in [-0.1, -0.05) is 37.2 Å². The molecule has 1 aliphatic rings. The Morgan fingerprint density at radius 2 is 1.86 bits per heavy atom. The molecule has 11 heteroatoms. The summed E-state index contributed by atoms with van der Waals surface area (Å²) < 4.78 is 5.24. The van der Waals surface area contributed by atoms with Gasteiger partial charge >= 0.3 is 5.97 Å². The lowest BCUT2D eigenvalue weighted by atomic mass is 9.82. The average molecular weight is 474 g/mol. The number of nitrogens with one attached hydrogen (secondary N) is 2. The topological polar surface area (TPSA) is 152 Å². The van der Waals surface area contributed by atoms with Crippen molar-refractivity contribution in [3.05, 3.63) is 86.6 Å². The van der Waals surface area contributed by atoms with Crippen molar-refractivity contribution in [2.45, 2.75) is 25.9 Å². The van der Waals surface area contributed by atoms with Gasteiger partial charge in [-0.25, -0.2) is 4.79 Å². The van der Waals surface area contributed by atoms with Gasteiger partial charge in [-0.15, -0.1) is 5.10 Å². The van der Waals surface area contributed by atoms with Crippen molar-refractivity contribution in [1.29, 1.82) is 0 Å². The number of esters is 1. The summed E-state index contributed by atoms with van der Waals surface area (Å²) in [5, 5.41) is 26.5. The number of fused-ring (bicyclic) bond motifs is 2. The summed E-state index contributed by atoms with van der Waals surface area (Å²) in [6, 6.07) is 12.9. The molecule has 0 aliphatic carbocycles. The van der Waals surface area contributed by atoms with Crippen molar-refractivity contribution in [2.24, 2.45) is 5.18 Å². The number of nitro groups is 1. The van der Waals surface area contributed by atoms with E-state index in [0.717, 1.165) is 0 Å². The second-order valence-corrected chi connectivity index (χ2v) is 7.45. The quantitative estimate of drug-likeness (QED) is 0.183. The van der Waals surface area contributed by atoms with Crippen LogP contribution in [0.1, 0.15) is 30.7 Å². The van der Waals surface area contributed by atoms with Gasteiger partial charge in [-0.3, -0.25) is 10.1 Å². The molecule has 3 heterocycles. The van der Waals surface area contributed by atoms with Gasteiger partial charge in [0.1, 0.15) is 6.54 Å². The van der Waals surface area contributed by atoms with E-state index in [1.54, 1.807) is 18.3 Å². The number of H-pyrrole nitrogens is 1. The number of anilines is 1. The van der Waals surface area contributed by atoms with Crippen LogP contribution < -0.4 is 5.32 Å². The second kappa shape index (κ2) is 9.29. The van der Waals surface area contributed by atoms with E-state index in [-0.39, 0.29) is 12.2 Å². The third-order valence-corrected chi connectivity index (χ3v) is 5.81. The number of rotatable bonds is 5. The number of carbonyl (C=O) groups excluding carboxylic acids is 1. The number of aromatic amines is 1. The van der Waals surface area contributed by atoms with Crippen LogP contribution in [-0.2, 0) is 21.6 Å². The summed E-state index contributed by atoms with van der Waals surface area (Å²) in [6.45, 7) is 3.79. The molecule has 178 valence electrons. The van der Waals surface area contributed by atoms with Crippen LogP contribution in [0.2, 0.25) is 0 Å². The van der Waals surface area contributed by atoms with Gasteiger partial charge in [0.25, 0.3) is 5.69 Å². The average Bonchev–Trinajstić information content (AvgIpc) is 3.27. The SMILES string of the molecule is CC.COC(=O)C1(c2ccc([N+](=O)[O-])cc2)Nc2ccccc2-c2c(CN=O)nnc3[nH]cc1c23. The van der Waals surface area contributed by atoms with E-state index in [0.29, 0.717) is 44.7 Å². The van der Waals surface area contributed by atoms with Gasteiger partial charge < -0.3 is 15.0 Å². The van der Waals surface area contributed by atoms with Crippen LogP contribution in [0, 0.1) is 15.0 Å². The number of nitroso groups, excluding NO2 is 1. The van der Waals surface area contributed by atoms with Crippen LogP contribution in [0.5, 0.6) is 0 Å². The number of methoxy groups -OCH3 is 1. The second-order valence-electron chi connectivity index (χ2n) is 7.45. The number of carbonyl (C=O) groups is 1. The molecule has 2 aromatic heterocycles. The van der Waals surface area contributed by atoms with Crippen LogP contribution in [0.25, 0.3) is 22.2 Å². The Balaban J connectivity index is 0.00000141. The summed E-state index contributed by atoms with van der Waals surface area (Å²) in [5.41, 5.74) is 1.88. The minimum absolute atomic E-state index is 0.113. The number of nitro benzene ring substituents is 1. The predicted octanol–water partition coefficient (Wildman–Crippen LogP) is 4.67. The van der Waals surface area contributed by atoms with E-state index in [9.17, 15) is 19.8 Å². The molecule has 5 rings (SSSR count). The maximum absolute atomic E-state index is 13.5. The summed E-state index contributed by atoms with van der Waals surface area (Å²) in [7, 11) is 1.27. The maximum atomic E-state index is 13.5. The molecule has 2 N–H and O–H groups in total. The fourth-order valence-corrected chi connectivity index (χ4v) is 4.38. The predicted molar refractivity (Wildman–Crippen MR) is 130 cm³/mol. The molecule has 11 nitrogen and oxygen atoms in total. The first kappa shape index (κ1) is 23.5. The van der Waals surface area contributed by atoms with Crippen LogP contribution in [0.3, 0.4) is 0 Å². The smallest absolute Gasteiger partial charge is 0.341 e. The first-order valence-electron chi connectivity index (χ1n) is 10.9. The number of aromatic nitrogens is 3. The first-order valence-corrected chi connectivity index (χ1v) is 10.9. The normalized spacial score (nSPS) is 15.6. The van der Waals surface area contributed by atoms with Gasteiger partial charge in [0.2, 0.25) is 0 Å². The molecule has 1 unspecified atom stereocenters. The molecule has 0 bridgehead atoms. The van der Waals surface area contributed by atoms with Crippen LogP contribution >= 0.6 is 0 Å². The zero-order valence-corrected chi connectivity index (χ0v) is 19.2. The highest BCUT2D eigenvalue weighted by atomic mass is 16.6. The monoisotopic (exact) mass is 474 g/mol. The third kappa shape index (κ3) is 3.57. The van der Waals surface area contributed by atoms with E-state index in [1.807, 2.05) is 26.0 Å². The Hall–Kier alpha value is -4.67. The summed E-state index contributed by atoms with van der Waals surface area (Å²) in [6.07, 6.45) is 1.62. The zero-order chi connectivity index (χ0) is 25.2. The number of para-hydroxylation sites is 1. The number of nitrogens with zero attached hydrogens (tertiary/aromatic N) is 4. The molecule has 1 aliphatic heterocycles. The Kier molecular flexibility index (Phi) is 6.24. The molecule has 0 amide bonds. The number of ether oxygens (including phenoxy) is 1. The van der Waals surface area contributed by atoms with Crippen molar-refractivity contribution in [3.63, 3.8) is 0 Å². The highest BCUT2D eigenvalue weighted by Crippen LogP contribution is 2.48. The molecule has 35 heavy (non-hydrogen) atoms. The van der Waals surface area contributed by atoms with Gasteiger partial charge in [0.05, 0.1) is 17.7 Å². The molecular weight excluding hydrogens is 452 g/mol. The molecule has 0 fully saturated rings. The van der Waals surface area contributed by atoms with Crippen molar-refractivity contribution < 1.29 is 14.5 Å². The van der Waals surface area contributed by atoms with Crippen molar-refractivity contribution in [1.82, 2.24) is 15.2 Å². The van der Waals surface area contributed by atoms with E-state index in [2.05, 4.69) is 25.7 Å². The summed E-state index contributed by atoms with van der Waals surface area (Å²) in [4.78, 5) is 38.4. The first-order chi connectivity index (χ1) is 17.0. The molecular formula is C24H22N6O5. The Morgan fingerprint density at radius 3 is 2.51 bits per heavy atom. The summed E-state index contributed by atoms with van der Waals surface area (Å²) >= 11 is 0. The molecule has 0 radical (unpaired) electrons. The van der Waals surface area contributed by atoms with Gasteiger partial charge in [0, 0.05) is 46.1 Å². The van der Waals surface area contributed by atoms with Crippen molar-refractivity contribution >= 4 is 28.4 Å². The number of hydrogen-bond donors (Lipinski definition) is 2. The summed E-state index contributed by atoms with van der Waals surface area (Å²) in [5.74, 6) is -0.633. The largest absolute Gasteiger partial charge is 0.467 e. The number of hydrogen-bond acceptors (Lipinski definition) is 9. The van der Waals surface area contributed by atoms with E-state index in [4.69, 9.17) is 4.74 Å². The Labute approximate surface area is 199 Å². The fraction of sp³-hybridized carbons (Fsp3) is 0.208. The minimum Gasteiger partial charge on any atom is -0.467 e. The van der Waals surface area contributed by atoms with Crippen molar-refractivity contribution in [2.75, 3.05) is 12.4 Å². The minimum atomic E-state index is -1.57. The Bertz CT molecular complexity index is 1430. The van der Waals surface area contributed by atoms with E-state index >= 15 is 0 Å². The lowest BCUT2D eigenvalue weighted by Crippen LogP contribution is -2.45. The van der Waals surface area contributed by atoms with Crippen LogP contribution in [0.4, 0.5) is 11.4 Å². The van der Waals surface area contributed by atoms with Gasteiger partial charge in [-0.05, 0) is 23.8 Å². The van der Waals surface area contributed by atoms with Crippen LogP contribution in [-0.4, -0.2) is 33.2 Å². The Morgan fingerprint density at radius 1 is 1.14 bits per heavy atom. The lowest BCUT2D eigenvalue weighted by molar-refractivity contribution is -0.384. The molecule has 0 spiro atoms. The van der Waals surface area contributed by atoms with Crippen molar-refractivity contribution in [3.8, 4) is 11.1 Å². The molecule has 2 aromatic carbocycles. The highest BCUT2D eigenvalue weighted by Gasteiger charge is 2.48.